The number of fused-ring (bicyclic) bond motifs is 1. The number of esters is 1. The Bertz CT molecular complexity index is 1440. The summed E-state index contributed by atoms with van der Waals surface area (Å²) in [6.45, 7) is -0.344. The number of halogens is 5. The van der Waals surface area contributed by atoms with Crippen molar-refractivity contribution in [1.82, 2.24) is 0 Å². The van der Waals surface area contributed by atoms with Crippen molar-refractivity contribution in [3.05, 3.63) is 88.2 Å². The van der Waals surface area contributed by atoms with Crippen LogP contribution in [0.2, 0.25) is 5.02 Å². The first-order valence-electron chi connectivity index (χ1n) is 11.4. The fourth-order valence-electron chi connectivity index (χ4n) is 4.12. The summed E-state index contributed by atoms with van der Waals surface area (Å²) in [6.07, 6.45) is -5.47. The standard InChI is InChI=1S/C26H22ClF4NO5S/c1-36-25(33)14-18-15-32(38(34,35)19-5-2-4-17(13-19)26(29,30)31)23-12-16(9-11-24(23)37-18)8-10-20-21(27)6-3-7-22(20)28/h2-7,9,11-13,18H,8,10,14-15H2,1H3/t18-/m0/s1. The van der Waals surface area contributed by atoms with Gasteiger partial charge < -0.3 is 9.47 Å². The van der Waals surface area contributed by atoms with Crippen LogP contribution in [-0.2, 0) is 38.6 Å². The maximum absolute atomic E-state index is 14.2. The molecular weight excluding hydrogens is 550 g/mol. The summed E-state index contributed by atoms with van der Waals surface area (Å²) in [6, 6.07) is 12.4. The highest BCUT2D eigenvalue weighted by Gasteiger charge is 2.37. The molecule has 0 aromatic heterocycles. The van der Waals surface area contributed by atoms with Crippen molar-refractivity contribution in [2.24, 2.45) is 0 Å². The lowest BCUT2D eigenvalue weighted by molar-refractivity contribution is -0.142. The van der Waals surface area contributed by atoms with E-state index in [2.05, 4.69) is 4.74 Å². The van der Waals surface area contributed by atoms with Crippen LogP contribution in [0.3, 0.4) is 0 Å². The van der Waals surface area contributed by atoms with E-state index in [0.717, 1.165) is 22.5 Å². The number of benzene rings is 3. The second-order valence-corrected chi connectivity index (χ2v) is 10.9. The summed E-state index contributed by atoms with van der Waals surface area (Å²) in [5.41, 5.74) is -0.119. The molecule has 0 aliphatic carbocycles. The highest BCUT2D eigenvalue weighted by molar-refractivity contribution is 7.92. The number of sulfonamides is 1. The monoisotopic (exact) mass is 571 g/mol. The third-order valence-corrected chi connectivity index (χ3v) is 8.18. The van der Waals surface area contributed by atoms with Gasteiger partial charge in [0.1, 0.15) is 17.7 Å². The van der Waals surface area contributed by atoms with Gasteiger partial charge in [0.05, 0.1) is 36.2 Å². The van der Waals surface area contributed by atoms with Gasteiger partial charge in [-0.2, -0.15) is 13.2 Å². The molecule has 0 fully saturated rings. The van der Waals surface area contributed by atoms with E-state index in [0.29, 0.717) is 17.2 Å². The summed E-state index contributed by atoms with van der Waals surface area (Å²) < 4.78 is 92.8. The molecule has 0 saturated heterocycles. The highest BCUT2D eigenvalue weighted by Crippen LogP contribution is 2.40. The summed E-state index contributed by atoms with van der Waals surface area (Å²) in [5.74, 6) is -1.00. The van der Waals surface area contributed by atoms with E-state index in [9.17, 15) is 30.8 Å². The quantitative estimate of drug-likeness (QED) is 0.265. The number of alkyl halides is 3. The van der Waals surface area contributed by atoms with Crippen molar-refractivity contribution in [3.63, 3.8) is 0 Å². The van der Waals surface area contributed by atoms with E-state index in [1.165, 1.54) is 31.4 Å². The molecule has 1 aliphatic rings. The molecule has 12 heteroatoms. The summed E-state index contributed by atoms with van der Waals surface area (Å²) in [4.78, 5) is 11.3. The second-order valence-electron chi connectivity index (χ2n) is 8.58. The van der Waals surface area contributed by atoms with Crippen LogP contribution in [0.15, 0.2) is 65.6 Å². The van der Waals surface area contributed by atoms with Gasteiger partial charge in [0.15, 0.2) is 0 Å². The maximum Gasteiger partial charge on any atom is 0.416 e. The molecule has 6 nitrogen and oxygen atoms in total. The maximum atomic E-state index is 14.2. The van der Waals surface area contributed by atoms with Crippen molar-refractivity contribution in [3.8, 4) is 5.75 Å². The second kappa shape index (κ2) is 10.8. The molecule has 1 atom stereocenters. The third kappa shape index (κ3) is 5.88. The van der Waals surface area contributed by atoms with Gasteiger partial charge in [-0.15, -0.1) is 0 Å². The molecule has 0 bridgehead atoms. The average molecular weight is 572 g/mol. The number of carbonyl (C=O) groups excluding carboxylic acids is 1. The number of methoxy groups -OCH3 is 1. The minimum Gasteiger partial charge on any atom is -0.486 e. The third-order valence-electron chi connectivity index (χ3n) is 6.05. The van der Waals surface area contributed by atoms with Gasteiger partial charge in [0.25, 0.3) is 10.0 Å². The molecule has 4 rings (SSSR count). The molecule has 1 aliphatic heterocycles. The molecule has 0 unspecified atom stereocenters. The number of hydrogen-bond acceptors (Lipinski definition) is 5. The molecule has 1 heterocycles. The van der Waals surface area contributed by atoms with E-state index in [4.69, 9.17) is 16.3 Å². The molecule has 0 radical (unpaired) electrons. The molecule has 202 valence electrons. The largest absolute Gasteiger partial charge is 0.486 e. The van der Waals surface area contributed by atoms with E-state index in [1.807, 2.05) is 0 Å². The average Bonchev–Trinajstić information content (AvgIpc) is 2.87. The number of rotatable bonds is 7. The zero-order valence-corrected chi connectivity index (χ0v) is 21.5. The van der Waals surface area contributed by atoms with Crippen molar-refractivity contribution in [1.29, 1.82) is 0 Å². The van der Waals surface area contributed by atoms with E-state index >= 15 is 0 Å². The van der Waals surface area contributed by atoms with Gasteiger partial charge in [0.2, 0.25) is 0 Å². The Balaban J connectivity index is 1.72. The number of carbonyl (C=O) groups is 1. The Hall–Kier alpha value is -3.31. The van der Waals surface area contributed by atoms with Crippen LogP contribution < -0.4 is 9.04 Å². The Morgan fingerprint density at radius 2 is 1.84 bits per heavy atom. The SMILES string of the molecule is COC(=O)C[C@H]1CN(S(=O)(=O)c2cccc(C(F)(F)F)c2)c2cc(CCc3c(F)cccc3Cl)ccc2O1. The van der Waals surface area contributed by atoms with Crippen LogP contribution in [0.1, 0.15) is 23.1 Å². The summed E-state index contributed by atoms with van der Waals surface area (Å²) in [5, 5.41) is 0.255. The van der Waals surface area contributed by atoms with Gasteiger partial charge >= 0.3 is 12.1 Å². The van der Waals surface area contributed by atoms with Crippen LogP contribution in [0.25, 0.3) is 0 Å². The predicted molar refractivity (Wildman–Crippen MR) is 132 cm³/mol. The van der Waals surface area contributed by atoms with Crippen molar-refractivity contribution < 1.29 is 40.2 Å². The van der Waals surface area contributed by atoms with Crippen LogP contribution in [0.5, 0.6) is 5.75 Å². The Kier molecular flexibility index (Phi) is 7.89. The van der Waals surface area contributed by atoms with Gasteiger partial charge in [-0.3, -0.25) is 9.10 Å². The first kappa shape index (κ1) is 27.7. The predicted octanol–water partition coefficient (Wildman–Crippen LogP) is 5.80. The summed E-state index contributed by atoms with van der Waals surface area (Å²) >= 11 is 6.11. The summed E-state index contributed by atoms with van der Waals surface area (Å²) in [7, 11) is -3.34. The van der Waals surface area contributed by atoms with Gasteiger partial charge in [-0.1, -0.05) is 29.8 Å². The zero-order valence-electron chi connectivity index (χ0n) is 20.0. The van der Waals surface area contributed by atoms with E-state index < -0.39 is 44.5 Å². The van der Waals surface area contributed by atoms with E-state index in [1.54, 1.807) is 12.1 Å². The van der Waals surface area contributed by atoms with Crippen LogP contribution in [0, 0.1) is 5.82 Å². The molecule has 38 heavy (non-hydrogen) atoms. The van der Waals surface area contributed by atoms with Crippen LogP contribution in [-0.4, -0.2) is 34.1 Å². The molecule has 0 amide bonds. The number of hydrogen-bond donors (Lipinski definition) is 0. The minimum atomic E-state index is -4.75. The van der Waals surface area contributed by atoms with Crippen LogP contribution >= 0.6 is 11.6 Å². The van der Waals surface area contributed by atoms with Crippen LogP contribution in [0.4, 0.5) is 23.2 Å². The minimum absolute atomic E-state index is 0.0839. The molecule has 3 aromatic rings. The highest BCUT2D eigenvalue weighted by atomic mass is 35.5. The fourth-order valence-corrected chi connectivity index (χ4v) is 5.92. The number of nitrogens with zero attached hydrogens (tertiary/aromatic N) is 1. The first-order chi connectivity index (χ1) is 17.9. The lowest BCUT2D eigenvalue weighted by atomic mass is 10.0. The van der Waals surface area contributed by atoms with Crippen molar-refractivity contribution in [2.75, 3.05) is 18.0 Å². The molecule has 0 saturated carbocycles. The molecule has 3 aromatic carbocycles. The lowest BCUT2D eigenvalue weighted by Gasteiger charge is -2.35. The molecule has 0 N–H and O–H groups in total. The topological polar surface area (TPSA) is 72.9 Å². The number of anilines is 1. The van der Waals surface area contributed by atoms with Crippen molar-refractivity contribution >= 4 is 33.3 Å². The zero-order chi connectivity index (χ0) is 27.7. The fraction of sp³-hybridized carbons (Fsp3) is 0.269. The van der Waals surface area contributed by atoms with Gasteiger partial charge in [-0.25, -0.2) is 12.8 Å². The Labute approximate surface area is 221 Å². The van der Waals surface area contributed by atoms with Gasteiger partial charge in [-0.05, 0) is 60.9 Å². The van der Waals surface area contributed by atoms with E-state index in [-0.39, 0.29) is 42.3 Å². The lowest BCUT2D eigenvalue weighted by Crippen LogP contribution is -2.44. The van der Waals surface area contributed by atoms with Gasteiger partial charge in [0, 0.05) is 10.6 Å². The molecule has 0 spiro atoms. The Morgan fingerprint density at radius 1 is 1.11 bits per heavy atom. The van der Waals surface area contributed by atoms with Crippen molar-refractivity contribution in [2.45, 2.75) is 36.4 Å². The number of ether oxygens (including phenoxy) is 2. The number of aryl methyl sites for hydroxylation is 1. The first-order valence-corrected chi connectivity index (χ1v) is 13.2. The molecular formula is C26H22ClF4NO5S. The Morgan fingerprint density at radius 3 is 2.53 bits per heavy atom. The normalized spacial score (nSPS) is 15.5. The smallest absolute Gasteiger partial charge is 0.416 e.